The number of carbonyl (C=O) groups is 2. The number of rotatable bonds is 8. The Hall–Kier alpha value is -4.06. The number of carbonyl (C=O) groups excluding carboxylic acids is 2. The lowest BCUT2D eigenvalue weighted by atomic mass is 9.95. The summed E-state index contributed by atoms with van der Waals surface area (Å²) in [5.41, 5.74) is 3.91. The van der Waals surface area contributed by atoms with Gasteiger partial charge in [-0.1, -0.05) is 31.2 Å². The second-order valence-corrected chi connectivity index (χ2v) is 11.5. The largest absolute Gasteiger partial charge is 0.336 e. The van der Waals surface area contributed by atoms with Crippen molar-refractivity contribution in [1.82, 2.24) is 24.6 Å². The molecule has 39 heavy (non-hydrogen) atoms. The molecule has 2 bridgehead atoms. The Labute approximate surface area is 228 Å². The molecule has 2 aromatic heterocycles. The van der Waals surface area contributed by atoms with E-state index in [1.54, 1.807) is 24.5 Å². The first kappa shape index (κ1) is 25.2. The van der Waals surface area contributed by atoms with Crippen molar-refractivity contribution in [3.8, 4) is 17.3 Å². The lowest BCUT2D eigenvalue weighted by Crippen LogP contribution is -2.49. The first-order valence-corrected chi connectivity index (χ1v) is 13.8. The summed E-state index contributed by atoms with van der Waals surface area (Å²) in [5.74, 6) is 0.802. The number of amides is 1. The minimum absolute atomic E-state index is 0.0376. The molecule has 6 rings (SSSR count). The fraction of sp³-hybridized carbons (Fsp3) is 0.467. The van der Waals surface area contributed by atoms with Crippen molar-refractivity contribution in [2.75, 3.05) is 5.32 Å². The molecule has 1 amide bonds. The molecule has 0 spiro atoms. The minimum Gasteiger partial charge on any atom is -0.336 e. The van der Waals surface area contributed by atoms with Gasteiger partial charge in [0.15, 0.2) is 5.78 Å². The zero-order valence-corrected chi connectivity index (χ0v) is 22.4. The van der Waals surface area contributed by atoms with Crippen molar-refractivity contribution < 1.29 is 9.59 Å². The average Bonchev–Trinajstić information content (AvgIpc) is 3.43. The predicted molar refractivity (Wildman–Crippen MR) is 146 cm³/mol. The van der Waals surface area contributed by atoms with Crippen LogP contribution in [0.15, 0.2) is 42.9 Å². The van der Waals surface area contributed by atoms with E-state index in [0.29, 0.717) is 29.5 Å². The molecule has 1 saturated carbocycles. The van der Waals surface area contributed by atoms with E-state index in [2.05, 4.69) is 27.2 Å². The molecule has 2 atom stereocenters. The number of hydrogen-bond acceptors (Lipinski definition) is 7. The van der Waals surface area contributed by atoms with Gasteiger partial charge in [0.2, 0.25) is 11.9 Å². The van der Waals surface area contributed by atoms with Crippen LogP contribution in [0.1, 0.15) is 80.3 Å². The number of aromatic nitrogens is 4. The molecule has 1 aromatic carbocycles. The summed E-state index contributed by atoms with van der Waals surface area (Å²) in [5, 5.41) is 16.7. The molecule has 200 valence electrons. The fourth-order valence-electron chi connectivity index (χ4n) is 6.06. The summed E-state index contributed by atoms with van der Waals surface area (Å²) in [6, 6.07) is 10.2. The van der Waals surface area contributed by atoms with Gasteiger partial charge < -0.3 is 10.2 Å². The van der Waals surface area contributed by atoms with E-state index in [1.807, 2.05) is 36.0 Å². The molecule has 3 aromatic rings. The molecule has 3 fully saturated rings. The Kier molecular flexibility index (Phi) is 6.42. The molecule has 1 N–H and O–H groups in total. The predicted octanol–water partition coefficient (Wildman–Crippen LogP) is 5.37. The number of aryl methyl sites for hydroxylation is 1. The van der Waals surface area contributed by atoms with Crippen LogP contribution < -0.4 is 5.32 Å². The Morgan fingerprint density at radius 1 is 1.10 bits per heavy atom. The number of piperidine rings is 1. The van der Waals surface area contributed by atoms with Gasteiger partial charge in [-0.3, -0.25) is 14.3 Å². The van der Waals surface area contributed by atoms with Crippen LogP contribution in [0.4, 0.5) is 11.6 Å². The van der Waals surface area contributed by atoms with Crippen LogP contribution in [0, 0.1) is 23.7 Å². The van der Waals surface area contributed by atoms with Crippen LogP contribution >= 0.6 is 0 Å². The molecular formula is C30H33N7O2. The second kappa shape index (κ2) is 9.92. The number of ketones is 1. The highest BCUT2D eigenvalue weighted by Crippen LogP contribution is 2.51. The van der Waals surface area contributed by atoms with Crippen molar-refractivity contribution in [3.05, 3.63) is 54.0 Å². The molecule has 2 aliphatic heterocycles. The average molecular weight is 524 g/mol. The van der Waals surface area contributed by atoms with Crippen LogP contribution in [0.5, 0.6) is 0 Å². The van der Waals surface area contributed by atoms with E-state index in [9.17, 15) is 9.59 Å². The fourth-order valence-corrected chi connectivity index (χ4v) is 6.06. The van der Waals surface area contributed by atoms with E-state index < -0.39 is 0 Å². The van der Waals surface area contributed by atoms with Gasteiger partial charge in [0, 0.05) is 53.9 Å². The Morgan fingerprint density at radius 2 is 1.82 bits per heavy atom. The minimum atomic E-state index is -0.110. The van der Waals surface area contributed by atoms with Gasteiger partial charge in [-0.25, -0.2) is 9.97 Å². The summed E-state index contributed by atoms with van der Waals surface area (Å²) < 4.78 is 2.03. The lowest BCUT2D eigenvalue weighted by molar-refractivity contribution is -0.141. The van der Waals surface area contributed by atoms with E-state index in [-0.39, 0.29) is 30.1 Å². The third-order valence-electron chi connectivity index (χ3n) is 8.61. The van der Waals surface area contributed by atoms with Crippen LogP contribution in [-0.4, -0.2) is 48.4 Å². The molecule has 2 saturated heterocycles. The molecule has 1 aliphatic carbocycles. The molecule has 3 aliphatic rings. The standard InChI is InChI=1S/C30H33N7O2/c1-19-16-32-29(35-27(19)21-7-5-20(6-8-21)26(38)4-3-13-31)34-22-17-33-36(18-22)25-14-23-9-10-24(15-25)37(23)28(39)30(2)11-12-30/h5-8,16-18,23-25H,3-4,9-12,14-15H2,1-2H3,(H,32,34,35). The highest BCUT2D eigenvalue weighted by atomic mass is 16.2. The van der Waals surface area contributed by atoms with Crippen molar-refractivity contribution in [1.29, 1.82) is 5.26 Å². The maximum atomic E-state index is 13.1. The number of Topliss-reactive ketones (excluding diaryl/α,β-unsaturated/α-hetero) is 1. The Balaban J connectivity index is 1.13. The van der Waals surface area contributed by atoms with Crippen molar-refractivity contribution in [2.24, 2.45) is 5.41 Å². The van der Waals surface area contributed by atoms with Crippen molar-refractivity contribution in [3.63, 3.8) is 0 Å². The molecule has 4 heterocycles. The highest BCUT2D eigenvalue weighted by molar-refractivity contribution is 5.96. The molecular weight excluding hydrogens is 490 g/mol. The van der Waals surface area contributed by atoms with E-state index >= 15 is 0 Å². The van der Waals surface area contributed by atoms with Crippen LogP contribution in [0.3, 0.4) is 0 Å². The summed E-state index contributed by atoms with van der Waals surface area (Å²) in [4.78, 5) is 36.7. The quantitative estimate of drug-likeness (QED) is 0.394. The Morgan fingerprint density at radius 3 is 2.49 bits per heavy atom. The van der Waals surface area contributed by atoms with Gasteiger partial charge in [-0.05, 0) is 51.0 Å². The van der Waals surface area contributed by atoms with E-state index in [0.717, 1.165) is 61.0 Å². The van der Waals surface area contributed by atoms with E-state index in [4.69, 9.17) is 10.2 Å². The van der Waals surface area contributed by atoms with E-state index in [1.165, 1.54) is 0 Å². The smallest absolute Gasteiger partial charge is 0.229 e. The maximum absolute atomic E-state index is 13.1. The third-order valence-corrected chi connectivity index (χ3v) is 8.61. The SMILES string of the molecule is Cc1cnc(Nc2cnn(C3CC4CCC(C3)N4C(=O)C3(C)CC3)c2)nc1-c1ccc(C(=O)CCC#N)cc1. The van der Waals surface area contributed by atoms with Crippen LogP contribution in [0.25, 0.3) is 11.3 Å². The third kappa shape index (κ3) is 4.91. The molecule has 9 heteroatoms. The summed E-state index contributed by atoms with van der Waals surface area (Å²) >= 11 is 0. The van der Waals surface area contributed by atoms with Crippen LogP contribution in [-0.2, 0) is 4.79 Å². The number of hydrogen-bond donors (Lipinski definition) is 1. The Bertz CT molecular complexity index is 1440. The number of anilines is 2. The normalized spacial score (nSPS) is 22.8. The number of benzene rings is 1. The lowest BCUT2D eigenvalue weighted by Gasteiger charge is -2.40. The van der Waals surface area contributed by atoms with Crippen molar-refractivity contribution in [2.45, 2.75) is 83.3 Å². The van der Waals surface area contributed by atoms with Gasteiger partial charge in [0.1, 0.15) is 0 Å². The van der Waals surface area contributed by atoms with Gasteiger partial charge in [0.25, 0.3) is 0 Å². The van der Waals surface area contributed by atoms with Crippen LogP contribution in [0.2, 0.25) is 0 Å². The van der Waals surface area contributed by atoms with Crippen molar-refractivity contribution >= 4 is 23.3 Å². The summed E-state index contributed by atoms with van der Waals surface area (Å²) in [6.07, 6.45) is 12.1. The number of nitrogens with one attached hydrogen (secondary N) is 1. The molecule has 2 unspecified atom stereocenters. The highest BCUT2D eigenvalue weighted by Gasteiger charge is 2.53. The monoisotopic (exact) mass is 523 g/mol. The molecule has 9 nitrogen and oxygen atoms in total. The number of fused-ring (bicyclic) bond motifs is 2. The topological polar surface area (TPSA) is 117 Å². The zero-order chi connectivity index (χ0) is 27.1. The second-order valence-electron chi connectivity index (χ2n) is 11.5. The first-order chi connectivity index (χ1) is 18.8. The number of nitriles is 1. The molecule has 0 radical (unpaired) electrons. The maximum Gasteiger partial charge on any atom is 0.229 e. The zero-order valence-electron chi connectivity index (χ0n) is 22.4. The van der Waals surface area contributed by atoms with Gasteiger partial charge in [-0.2, -0.15) is 10.4 Å². The van der Waals surface area contributed by atoms with Gasteiger partial charge in [-0.15, -0.1) is 0 Å². The first-order valence-electron chi connectivity index (χ1n) is 13.8. The van der Waals surface area contributed by atoms with Gasteiger partial charge >= 0.3 is 0 Å². The summed E-state index contributed by atoms with van der Waals surface area (Å²) in [6.45, 7) is 4.07. The van der Waals surface area contributed by atoms with Gasteiger partial charge in [0.05, 0.1) is 29.7 Å². The number of nitrogens with zero attached hydrogens (tertiary/aromatic N) is 6. The summed E-state index contributed by atoms with van der Waals surface area (Å²) in [7, 11) is 0.